The first-order valence-electron chi connectivity index (χ1n) is 8.55. The molecule has 0 saturated carbocycles. The van der Waals surface area contributed by atoms with Gasteiger partial charge >= 0.3 is 5.97 Å². The molecule has 1 atom stereocenters. The fourth-order valence-electron chi connectivity index (χ4n) is 3.32. The predicted molar refractivity (Wildman–Crippen MR) is 93.1 cm³/mol. The number of likely N-dealkylation sites (tertiary alicyclic amines) is 1. The average molecular weight is 358 g/mol. The van der Waals surface area contributed by atoms with Crippen LogP contribution in [0.2, 0.25) is 0 Å². The van der Waals surface area contributed by atoms with Crippen LogP contribution in [0.25, 0.3) is 0 Å². The molecular formula is C19H22N2O5. The van der Waals surface area contributed by atoms with Crippen LogP contribution in [0.1, 0.15) is 44.2 Å². The monoisotopic (exact) mass is 358 g/mol. The minimum absolute atomic E-state index is 0.127. The van der Waals surface area contributed by atoms with Gasteiger partial charge in [0.2, 0.25) is 0 Å². The van der Waals surface area contributed by atoms with Gasteiger partial charge in [0, 0.05) is 20.2 Å². The molecule has 1 amide bonds. The molecule has 1 unspecified atom stereocenters. The van der Waals surface area contributed by atoms with E-state index in [1.165, 1.54) is 0 Å². The lowest BCUT2D eigenvalue weighted by Gasteiger charge is -2.16. The Kier molecular flexibility index (Phi) is 5.37. The Hall–Kier alpha value is -2.67. The van der Waals surface area contributed by atoms with Gasteiger partial charge in [0.05, 0.1) is 17.7 Å². The van der Waals surface area contributed by atoms with Crippen LogP contribution in [0.15, 0.2) is 28.8 Å². The Morgan fingerprint density at radius 1 is 1.35 bits per heavy atom. The first-order chi connectivity index (χ1) is 12.5. The van der Waals surface area contributed by atoms with Crippen LogP contribution in [0, 0.1) is 12.8 Å². The largest absolute Gasteiger partial charge is 0.478 e. The van der Waals surface area contributed by atoms with Crippen LogP contribution < -0.4 is 0 Å². The number of carbonyl (C=O) groups is 2. The van der Waals surface area contributed by atoms with Crippen molar-refractivity contribution in [2.24, 2.45) is 5.92 Å². The first-order valence-corrected chi connectivity index (χ1v) is 8.55. The van der Waals surface area contributed by atoms with Crippen molar-refractivity contribution in [3.8, 4) is 0 Å². The Labute approximate surface area is 151 Å². The summed E-state index contributed by atoms with van der Waals surface area (Å²) < 4.78 is 10.3. The summed E-state index contributed by atoms with van der Waals surface area (Å²) in [5.74, 6) is -0.112. The minimum Gasteiger partial charge on any atom is -0.478 e. The lowest BCUT2D eigenvalue weighted by molar-refractivity contribution is 0.0695. The summed E-state index contributed by atoms with van der Waals surface area (Å²) in [4.78, 5) is 25.5. The van der Waals surface area contributed by atoms with Crippen LogP contribution in [0.5, 0.6) is 0 Å². The SMILES string of the molecule is COCc1c(C(=O)N2CCC(Cc3ccc(C(=O)O)cc3)C2)noc1C. The van der Waals surface area contributed by atoms with Crippen molar-refractivity contribution in [3.05, 3.63) is 52.4 Å². The molecule has 1 aromatic heterocycles. The van der Waals surface area contributed by atoms with E-state index in [4.69, 9.17) is 14.4 Å². The van der Waals surface area contributed by atoms with E-state index in [9.17, 15) is 9.59 Å². The highest BCUT2D eigenvalue weighted by Crippen LogP contribution is 2.24. The number of carboxylic acids is 1. The normalized spacial score (nSPS) is 16.8. The smallest absolute Gasteiger partial charge is 0.335 e. The summed E-state index contributed by atoms with van der Waals surface area (Å²) in [5, 5.41) is 12.9. The molecule has 0 aliphatic carbocycles. The van der Waals surface area contributed by atoms with E-state index in [1.807, 2.05) is 12.1 Å². The number of rotatable bonds is 6. The van der Waals surface area contributed by atoms with E-state index >= 15 is 0 Å². The zero-order chi connectivity index (χ0) is 18.7. The van der Waals surface area contributed by atoms with Crippen LogP contribution >= 0.6 is 0 Å². The van der Waals surface area contributed by atoms with Gasteiger partial charge in [0.1, 0.15) is 5.76 Å². The summed E-state index contributed by atoms with van der Waals surface area (Å²) in [6.45, 7) is 3.39. The van der Waals surface area contributed by atoms with Crippen molar-refractivity contribution >= 4 is 11.9 Å². The highest BCUT2D eigenvalue weighted by atomic mass is 16.5. The van der Waals surface area contributed by atoms with Gasteiger partial charge in [-0.3, -0.25) is 4.79 Å². The number of aromatic carboxylic acids is 1. The molecule has 26 heavy (non-hydrogen) atoms. The van der Waals surface area contributed by atoms with E-state index in [0.29, 0.717) is 42.6 Å². The number of amides is 1. The number of carboxylic acid groups (broad SMARTS) is 1. The second kappa shape index (κ2) is 7.70. The van der Waals surface area contributed by atoms with Crippen molar-refractivity contribution in [2.45, 2.75) is 26.4 Å². The molecule has 2 aromatic rings. The molecule has 1 aliphatic rings. The number of hydrogen-bond donors (Lipinski definition) is 1. The first kappa shape index (κ1) is 18.1. The van der Waals surface area contributed by atoms with Gasteiger partial charge in [0.25, 0.3) is 5.91 Å². The molecule has 1 aliphatic heterocycles. The quantitative estimate of drug-likeness (QED) is 0.853. The minimum atomic E-state index is -0.927. The van der Waals surface area contributed by atoms with E-state index in [1.54, 1.807) is 31.1 Å². The number of hydrogen-bond acceptors (Lipinski definition) is 5. The fraction of sp³-hybridized carbons (Fsp3) is 0.421. The van der Waals surface area contributed by atoms with E-state index in [2.05, 4.69) is 5.16 Å². The molecule has 1 fully saturated rings. The molecule has 1 N–H and O–H groups in total. The third-order valence-corrected chi connectivity index (χ3v) is 4.77. The summed E-state index contributed by atoms with van der Waals surface area (Å²) in [7, 11) is 1.57. The van der Waals surface area contributed by atoms with Crippen molar-refractivity contribution in [3.63, 3.8) is 0 Å². The van der Waals surface area contributed by atoms with Gasteiger partial charge in [-0.25, -0.2) is 4.79 Å². The number of ether oxygens (including phenoxy) is 1. The highest BCUT2D eigenvalue weighted by Gasteiger charge is 2.30. The molecule has 138 valence electrons. The van der Waals surface area contributed by atoms with Gasteiger partial charge in [-0.2, -0.15) is 0 Å². The number of aryl methyl sites for hydroxylation is 1. The molecule has 7 nitrogen and oxygen atoms in total. The number of methoxy groups -OCH3 is 1. The maximum atomic E-state index is 12.8. The number of benzene rings is 1. The van der Waals surface area contributed by atoms with Gasteiger partial charge in [0.15, 0.2) is 5.69 Å². The topological polar surface area (TPSA) is 92.9 Å². The second-order valence-corrected chi connectivity index (χ2v) is 6.61. The van der Waals surface area contributed by atoms with Crippen LogP contribution in [0.3, 0.4) is 0 Å². The van der Waals surface area contributed by atoms with E-state index in [-0.39, 0.29) is 11.5 Å². The Bertz CT molecular complexity index is 797. The molecular weight excluding hydrogens is 336 g/mol. The zero-order valence-corrected chi connectivity index (χ0v) is 14.9. The zero-order valence-electron chi connectivity index (χ0n) is 14.9. The van der Waals surface area contributed by atoms with Crippen LogP contribution in [-0.2, 0) is 17.8 Å². The summed E-state index contributed by atoms with van der Waals surface area (Å²) >= 11 is 0. The van der Waals surface area contributed by atoms with Gasteiger partial charge < -0.3 is 19.3 Å². The molecule has 0 spiro atoms. The Morgan fingerprint density at radius 2 is 2.08 bits per heavy atom. The number of nitrogens with zero attached hydrogens (tertiary/aromatic N) is 2. The molecule has 7 heteroatoms. The predicted octanol–water partition coefficient (Wildman–Crippen LogP) is 2.53. The number of carbonyl (C=O) groups excluding carboxylic acids is 1. The van der Waals surface area contributed by atoms with Crippen LogP contribution in [0.4, 0.5) is 0 Å². The van der Waals surface area contributed by atoms with Crippen molar-refractivity contribution in [1.29, 1.82) is 0 Å². The van der Waals surface area contributed by atoms with Gasteiger partial charge in [-0.1, -0.05) is 17.3 Å². The standard InChI is InChI=1S/C19H22N2O5/c1-12-16(11-25-2)17(20-26-12)18(22)21-8-7-14(10-21)9-13-3-5-15(6-4-13)19(23)24/h3-6,14H,7-11H2,1-2H3,(H,23,24). The Balaban J connectivity index is 1.63. The second-order valence-electron chi connectivity index (χ2n) is 6.61. The summed E-state index contributed by atoms with van der Waals surface area (Å²) in [5.41, 5.74) is 2.39. The molecule has 0 radical (unpaired) electrons. The van der Waals surface area contributed by atoms with Crippen molar-refractivity contribution in [1.82, 2.24) is 10.1 Å². The molecule has 1 saturated heterocycles. The van der Waals surface area contributed by atoms with Crippen LogP contribution in [-0.4, -0.2) is 47.2 Å². The molecule has 1 aromatic carbocycles. The average Bonchev–Trinajstić information content (AvgIpc) is 3.23. The molecule has 3 rings (SSSR count). The Morgan fingerprint density at radius 3 is 2.73 bits per heavy atom. The maximum Gasteiger partial charge on any atom is 0.335 e. The van der Waals surface area contributed by atoms with Gasteiger partial charge in [-0.15, -0.1) is 0 Å². The van der Waals surface area contributed by atoms with Gasteiger partial charge in [-0.05, 0) is 43.4 Å². The number of aromatic nitrogens is 1. The summed E-state index contributed by atoms with van der Waals surface area (Å²) in [6.07, 6.45) is 1.72. The lowest BCUT2D eigenvalue weighted by atomic mass is 9.98. The summed E-state index contributed by atoms with van der Waals surface area (Å²) in [6, 6.07) is 6.91. The third-order valence-electron chi connectivity index (χ3n) is 4.77. The van der Waals surface area contributed by atoms with Crippen molar-refractivity contribution in [2.75, 3.05) is 20.2 Å². The fourth-order valence-corrected chi connectivity index (χ4v) is 3.32. The third kappa shape index (κ3) is 3.77. The highest BCUT2D eigenvalue weighted by molar-refractivity contribution is 5.94. The molecule has 0 bridgehead atoms. The maximum absolute atomic E-state index is 12.8. The van der Waals surface area contributed by atoms with E-state index in [0.717, 1.165) is 18.4 Å². The van der Waals surface area contributed by atoms with E-state index < -0.39 is 5.97 Å². The lowest BCUT2D eigenvalue weighted by Crippen LogP contribution is -2.30. The molecule has 2 heterocycles. The van der Waals surface area contributed by atoms with Crippen molar-refractivity contribution < 1.29 is 24.0 Å².